The Labute approximate surface area is 122 Å². The summed E-state index contributed by atoms with van der Waals surface area (Å²) in [4.78, 5) is 0. The van der Waals surface area contributed by atoms with Gasteiger partial charge in [-0.2, -0.15) is 13.2 Å². The normalized spacial score (nSPS) is 12.0. The summed E-state index contributed by atoms with van der Waals surface area (Å²) < 4.78 is 39.6. The predicted molar refractivity (Wildman–Crippen MR) is 72.8 cm³/mol. The first kappa shape index (κ1) is 13.7. The molecule has 0 atom stereocenters. The van der Waals surface area contributed by atoms with Crippen LogP contribution in [-0.2, 0) is 6.18 Å². The van der Waals surface area contributed by atoms with Crippen LogP contribution in [-0.4, -0.2) is 14.6 Å². The van der Waals surface area contributed by atoms with Gasteiger partial charge < -0.3 is 5.73 Å². The Morgan fingerprint density at radius 1 is 1.10 bits per heavy atom. The van der Waals surface area contributed by atoms with E-state index >= 15 is 0 Å². The maximum atomic E-state index is 12.8. The van der Waals surface area contributed by atoms with Gasteiger partial charge >= 0.3 is 6.18 Å². The zero-order valence-corrected chi connectivity index (χ0v) is 11.2. The molecule has 0 aliphatic carbocycles. The number of alkyl halides is 3. The minimum absolute atomic E-state index is 0.202. The van der Waals surface area contributed by atoms with Gasteiger partial charge in [-0.25, -0.2) is 0 Å². The van der Waals surface area contributed by atoms with Crippen molar-refractivity contribution in [1.29, 1.82) is 0 Å². The summed E-state index contributed by atoms with van der Waals surface area (Å²) in [6.45, 7) is 0. The Morgan fingerprint density at radius 2 is 1.86 bits per heavy atom. The van der Waals surface area contributed by atoms with Gasteiger partial charge in [0.25, 0.3) is 0 Å². The lowest BCUT2D eigenvalue weighted by atomic mass is 10.2. The number of anilines is 1. The highest BCUT2D eigenvalue weighted by Gasteiger charge is 2.31. The molecule has 0 unspecified atom stereocenters. The molecule has 0 bridgehead atoms. The van der Waals surface area contributed by atoms with Crippen LogP contribution in [0, 0.1) is 0 Å². The van der Waals surface area contributed by atoms with E-state index in [4.69, 9.17) is 17.3 Å². The molecular formula is C13H8ClF3N4. The summed E-state index contributed by atoms with van der Waals surface area (Å²) in [5, 5.41) is 8.06. The third-order valence-electron chi connectivity index (χ3n) is 2.96. The van der Waals surface area contributed by atoms with Gasteiger partial charge in [0.2, 0.25) is 0 Å². The lowest BCUT2D eigenvalue weighted by molar-refractivity contribution is -0.137. The third-order valence-corrected chi connectivity index (χ3v) is 3.29. The summed E-state index contributed by atoms with van der Waals surface area (Å²) in [7, 11) is 0. The molecule has 2 aromatic heterocycles. The largest absolute Gasteiger partial charge is 0.417 e. The Bertz CT molecular complexity index is 826. The standard InChI is InChI=1S/C13H8ClF3N4/c14-10-3-2-8(18)5-9(10)12-20-19-11-4-1-7(6-21(11)12)13(15,16)17/h1-6H,18H2. The Hall–Kier alpha value is -2.28. The van der Waals surface area contributed by atoms with Gasteiger partial charge in [-0.15, -0.1) is 10.2 Å². The number of nitrogens with two attached hydrogens (primary N) is 1. The van der Waals surface area contributed by atoms with Crippen LogP contribution in [0.15, 0.2) is 36.5 Å². The summed E-state index contributed by atoms with van der Waals surface area (Å²) in [5.41, 5.74) is 6.02. The molecular weight excluding hydrogens is 305 g/mol. The number of aromatic nitrogens is 3. The van der Waals surface area contributed by atoms with E-state index in [0.29, 0.717) is 16.3 Å². The van der Waals surface area contributed by atoms with Gasteiger partial charge in [0.15, 0.2) is 11.5 Å². The summed E-state index contributed by atoms with van der Waals surface area (Å²) >= 11 is 6.06. The number of benzene rings is 1. The van der Waals surface area contributed by atoms with E-state index in [0.717, 1.165) is 12.3 Å². The highest BCUT2D eigenvalue weighted by molar-refractivity contribution is 6.33. The van der Waals surface area contributed by atoms with Gasteiger partial charge in [-0.05, 0) is 30.3 Å². The van der Waals surface area contributed by atoms with Crippen LogP contribution in [0.4, 0.5) is 18.9 Å². The summed E-state index contributed by atoms with van der Waals surface area (Å²) in [6, 6.07) is 6.89. The zero-order chi connectivity index (χ0) is 15.2. The van der Waals surface area contributed by atoms with Crippen molar-refractivity contribution in [2.75, 3.05) is 5.73 Å². The van der Waals surface area contributed by atoms with Crippen molar-refractivity contribution in [3.63, 3.8) is 0 Å². The van der Waals surface area contributed by atoms with Crippen molar-refractivity contribution in [2.45, 2.75) is 6.18 Å². The molecule has 3 aromatic rings. The molecule has 0 saturated heterocycles. The lowest BCUT2D eigenvalue weighted by Gasteiger charge is -2.08. The lowest BCUT2D eigenvalue weighted by Crippen LogP contribution is -2.06. The maximum absolute atomic E-state index is 12.8. The molecule has 0 amide bonds. The average Bonchev–Trinajstić information content (AvgIpc) is 2.83. The fraction of sp³-hybridized carbons (Fsp3) is 0.0769. The SMILES string of the molecule is Nc1ccc(Cl)c(-c2nnc3ccc(C(F)(F)F)cn23)c1. The van der Waals surface area contributed by atoms with Crippen LogP contribution in [0.1, 0.15) is 5.56 Å². The summed E-state index contributed by atoms with van der Waals surface area (Å²) in [6.07, 6.45) is -3.51. The first-order chi connectivity index (χ1) is 9.86. The van der Waals surface area contributed by atoms with E-state index in [9.17, 15) is 13.2 Å². The van der Waals surface area contributed by atoms with E-state index in [-0.39, 0.29) is 11.5 Å². The van der Waals surface area contributed by atoms with Crippen molar-refractivity contribution in [1.82, 2.24) is 14.6 Å². The van der Waals surface area contributed by atoms with Crippen molar-refractivity contribution in [2.24, 2.45) is 0 Å². The fourth-order valence-electron chi connectivity index (χ4n) is 1.96. The van der Waals surface area contributed by atoms with E-state index in [2.05, 4.69) is 10.2 Å². The highest BCUT2D eigenvalue weighted by Crippen LogP contribution is 2.32. The molecule has 0 radical (unpaired) electrons. The quantitative estimate of drug-likeness (QED) is 0.698. The fourth-order valence-corrected chi connectivity index (χ4v) is 2.16. The monoisotopic (exact) mass is 312 g/mol. The Kier molecular flexibility index (Phi) is 3.02. The first-order valence-electron chi connectivity index (χ1n) is 5.83. The number of pyridine rings is 1. The average molecular weight is 313 g/mol. The topological polar surface area (TPSA) is 56.2 Å². The number of halogens is 4. The van der Waals surface area contributed by atoms with Gasteiger partial charge in [-0.3, -0.25) is 4.40 Å². The molecule has 21 heavy (non-hydrogen) atoms. The summed E-state index contributed by atoms with van der Waals surface area (Å²) in [5.74, 6) is 0.202. The van der Waals surface area contributed by atoms with E-state index in [1.165, 1.54) is 10.5 Å². The molecule has 2 N–H and O–H groups in total. The minimum Gasteiger partial charge on any atom is -0.399 e. The van der Waals surface area contributed by atoms with E-state index in [1.54, 1.807) is 18.2 Å². The second kappa shape index (κ2) is 4.63. The van der Waals surface area contributed by atoms with Crippen LogP contribution in [0.25, 0.3) is 17.0 Å². The predicted octanol–water partition coefficient (Wildman–Crippen LogP) is 3.65. The van der Waals surface area contributed by atoms with Gasteiger partial charge in [0.05, 0.1) is 10.6 Å². The van der Waals surface area contributed by atoms with Gasteiger partial charge in [-0.1, -0.05) is 11.6 Å². The number of rotatable bonds is 1. The molecule has 3 rings (SSSR count). The number of hydrogen-bond acceptors (Lipinski definition) is 3. The molecule has 0 aliphatic heterocycles. The molecule has 4 nitrogen and oxygen atoms in total. The van der Waals surface area contributed by atoms with Crippen molar-refractivity contribution in [3.05, 3.63) is 47.1 Å². The number of hydrogen-bond donors (Lipinski definition) is 1. The van der Waals surface area contributed by atoms with Gasteiger partial charge in [0, 0.05) is 17.4 Å². The Balaban J connectivity index is 2.26. The number of nitrogen functional groups attached to an aromatic ring is 1. The molecule has 0 spiro atoms. The van der Waals surface area contributed by atoms with Crippen LogP contribution in [0.5, 0.6) is 0 Å². The molecule has 8 heteroatoms. The van der Waals surface area contributed by atoms with E-state index < -0.39 is 11.7 Å². The number of fused-ring (bicyclic) bond motifs is 1. The van der Waals surface area contributed by atoms with Crippen LogP contribution in [0.2, 0.25) is 5.02 Å². The Morgan fingerprint density at radius 3 is 2.57 bits per heavy atom. The third kappa shape index (κ3) is 2.40. The maximum Gasteiger partial charge on any atom is 0.417 e. The minimum atomic E-state index is -4.45. The first-order valence-corrected chi connectivity index (χ1v) is 6.21. The molecule has 0 fully saturated rings. The highest BCUT2D eigenvalue weighted by atomic mass is 35.5. The molecule has 0 aliphatic rings. The number of nitrogens with zero attached hydrogens (tertiary/aromatic N) is 3. The van der Waals surface area contributed by atoms with Crippen LogP contribution < -0.4 is 5.73 Å². The van der Waals surface area contributed by atoms with Crippen molar-refractivity contribution < 1.29 is 13.2 Å². The smallest absolute Gasteiger partial charge is 0.399 e. The second-order valence-corrected chi connectivity index (χ2v) is 4.81. The van der Waals surface area contributed by atoms with Gasteiger partial charge in [0.1, 0.15) is 0 Å². The second-order valence-electron chi connectivity index (χ2n) is 4.41. The molecule has 108 valence electrons. The molecule has 0 saturated carbocycles. The zero-order valence-electron chi connectivity index (χ0n) is 10.4. The van der Waals surface area contributed by atoms with Crippen LogP contribution >= 0.6 is 11.6 Å². The van der Waals surface area contributed by atoms with Crippen LogP contribution in [0.3, 0.4) is 0 Å². The van der Waals surface area contributed by atoms with Crippen molar-refractivity contribution >= 4 is 22.9 Å². The molecule has 1 aromatic carbocycles. The van der Waals surface area contributed by atoms with Crippen molar-refractivity contribution in [3.8, 4) is 11.4 Å². The van der Waals surface area contributed by atoms with E-state index in [1.807, 2.05) is 0 Å². The molecule has 2 heterocycles.